The third-order valence-electron chi connectivity index (χ3n) is 3.06. The molecule has 1 aliphatic rings. The number of nitrogen functional groups attached to an aromatic ring is 1. The van der Waals surface area contributed by atoms with Crippen molar-refractivity contribution < 1.29 is 5.11 Å². The third kappa shape index (κ3) is 2.75. The van der Waals surface area contributed by atoms with Gasteiger partial charge in [0.15, 0.2) is 0 Å². The molecule has 16 heavy (non-hydrogen) atoms. The average molecular weight is 285 g/mol. The third-order valence-corrected chi connectivity index (χ3v) is 4.03. The molecular formula is C12H17BrN2O. The van der Waals surface area contributed by atoms with Crippen LogP contribution in [0.1, 0.15) is 18.4 Å². The number of benzene rings is 1. The number of hydrogen-bond acceptors (Lipinski definition) is 3. The number of nitrogens with zero attached hydrogens (tertiary/aromatic N) is 1. The van der Waals surface area contributed by atoms with Crippen LogP contribution in [0.4, 0.5) is 5.69 Å². The van der Waals surface area contributed by atoms with Crippen molar-refractivity contribution in [3.8, 4) is 0 Å². The monoisotopic (exact) mass is 284 g/mol. The molecule has 0 aromatic heterocycles. The highest BCUT2D eigenvalue weighted by Gasteiger charge is 2.17. The minimum atomic E-state index is -0.111. The summed E-state index contributed by atoms with van der Waals surface area (Å²) in [6, 6.07) is 5.97. The van der Waals surface area contributed by atoms with Gasteiger partial charge >= 0.3 is 0 Å². The predicted molar refractivity (Wildman–Crippen MR) is 69.1 cm³/mol. The summed E-state index contributed by atoms with van der Waals surface area (Å²) in [6.45, 7) is 2.82. The fourth-order valence-electron chi connectivity index (χ4n) is 2.04. The molecule has 3 nitrogen and oxygen atoms in total. The molecule has 1 aromatic rings. The van der Waals surface area contributed by atoms with E-state index < -0.39 is 0 Å². The first-order chi connectivity index (χ1) is 7.66. The van der Waals surface area contributed by atoms with Gasteiger partial charge in [0.1, 0.15) is 0 Å². The van der Waals surface area contributed by atoms with Gasteiger partial charge in [-0.15, -0.1) is 0 Å². The molecule has 0 atom stereocenters. The molecule has 3 N–H and O–H groups in total. The van der Waals surface area contributed by atoms with Gasteiger partial charge in [-0.05, 0) is 40.4 Å². The van der Waals surface area contributed by atoms with Crippen LogP contribution >= 0.6 is 15.9 Å². The summed E-state index contributed by atoms with van der Waals surface area (Å²) in [7, 11) is 0. The van der Waals surface area contributed by atoms with Crippen LogP contribution in [-0.2, 0) is 6.54 Å². The summed E-state index contributed by atoms with van der Waals surface area (Å²) < 4.78 is 1.00. The molecule has 0 unspecified atom stereocenters. The summed E-state index contributed by atoms with van der Waals surface area (Å²) in [4.78, 5) is 2.35. The van der Waals surface area contributed by atoms with E-state index in [2.05, 4.69) is 26.9 Å². The molecule has 88 valence electrons. The van der Waals surface area contributed by atoms with Crippen molar-refractivity contribution in [2.75, 3.05) is 18.8 Å². The summed E-state index contributed by atoms with van der Waals surface area (Å²) in [5.74, 6) is 0. The second-order valence-electron chi connectivity index (χ2n) is 4.33. The SMILES string of the molecule is Nc1cccc(CN2CCC(O)CC2)c1Br. The van der Waals surface area contributed by atoms with Crippen LogP contribution in [-0.4, -0.2) is 29.2 Å². The molecule has 1 fully saturated rings. The van der Waals surface area contributed by atoms with Crippen LogP contribution in [0.5, 0.6) is 0 Å². The molecule has 0 spiro atoms. The van der Waals surface area contributed by atoms with Crippen molar-refractivity contribution in [2.45, 2.75) is 25.5 Å². The number of aliphatic hydroxyl groups is 1. The fraction of sp³-hybridized carbons (Fsp3) is 0.500. The van der Waals surface area contributed by atoms with Crippen LogP contribution < -0.4 is 5.73 Å². The largest absolute Gasteiger partial charge is 0.398 e. The van der Waals surface area contributed by atoms with Gasteiger partial charge in [-0.2, -0.15) is 0 Å². The Labute approximate surface area is 104 Å². The van der Waals surface area contributed by atoms with Gasteiger partial charge in [-0.3, -0.25) is 4.90 Å². The van der Waals surface area contributed by atoms with Crippen molar-refractivity contribution in [3.63, 3.8) is 0 Å². The van der Waals surface area contributed by atoms with Crippen molar-refractivity contribution >= 4 is 21.6 Å². The average Bonchev–Trinajstić information content (AvgIpc) is 2.28. The van der Waals surface area contributed by atoms with Gasteiger partial charge in [0.05, 0.1) is 6.10 Å². The molecule has 2 rings (SSSR count). The standard InChI is InChI=1S/C12H17BrN2O/c13-12-9(2-1-3-11(12)14)8-15-6-4-10(16)5-7-15/h1-3,10,16H,4-8,14H2. The highest BCUT2D eigenvalue weighted by molar-refractivity contribution is 9.10. The van der Waals surface area contributed by atoms with E-state index in [-0.39, 0.29) is 6.10 Å². The summed E-state index contributed by atoms with van der Waals surface area (Å²) in [5, 5.41) is 9.44. The van der Waals surface area contributed by atoms with Crippen molar-refractivity contribution in [2.24, 2.45) is 0 Å². The van der Waals surface area contributed by atoms with Gasteiger partial charge in [-0.25, -0.2) is 0 Å². The van der Waals surface area contributed by atoms with Crippen molar-refractivity contribution in [1.82, 2.24) is 4.90 Å². The number of piperidine rings is 1. The van der Waals surface area contributed by atoms with E-state index in [1.54, 1.807) is 0 Å². The van der Waals surface area contributed by atoms with Crippen LogP contribution in [0, 0.1) is 0 Å². The van der Waals surface area contributed by atoms with Crippen molar-refractivity contribution in [3.05, 3.63) is 28.2 Å². The first kappa shape index (κ1) is 11.9. The van der Waals surface area contributed by atoms with Gasteiger partial charge in [-0.1, -0.05) is 12.1 Å². The van der Waals surface area contributed by atoms with E-state index in [9.17, 15) is 5.11 Å². The van der Waals surface area contributed by atoms with Crippen LogP contribution in [0.2, 0.25) is 0 Å². The zero-order valence-corrected chi connectivity index (χ0v) is 10.8. The van der Waals surface area contributed by atoms with E-state index in [4.69, 9.17) is 5.73 Å². The maximum absolute atomic E-state index is 9.44. The van der Waals surface area contributed by atoms with Gasteiger partial charge in [0.25, 0.3) is 0 Å². The summed E-state index contributed by atoms with van der Waals surface area (Å²) in [6.07, 6.45) is 1.64. The first-order valence-electron chi connectivity index (χ1n) is 5.60. The fourth-order valence-corrected chi connectivity index (χ4v) is 2.43. The summed E-state index contributed by atoms with van der Waals surface area (Å²) in [5.41, 5.74) is 7.85. The molecule has 0 saturated carbocycles. The second-order valence-corrected chi connectivity index (χ2v) is 5.12. The Morgan fingerprint density at radius 2 is 2.06 bits per heavy atom. The van der Waals surface area contributed by atoms with E-state index in [0.717, 1.165) is 42.6 Å². The lowest BCUT2D eigenvalue weighted by atomic mass is 10.1. The highest BCUT2D eigenvalue weighted by Crippen LogP contribution is 2.25. The Bertz CT molecular complexity index is 362. The molecule has 0 aliphatic carbocycles. The molecule has 4 heteroatoms. The lowest BCUT2D eigenvalue weighted by molar-refractivity contribution is 0.0791. The maximum atomic E-state index is 9.44. The number of hydrogen-bond donors (Lipinski definition) is 2. The first-order valence-corrected chi connectivity index (χ1v) is 6.39. The molecule has 1 heterocycles. The number of anilines is 1. The number of nitrogens with two attached hydrogens (primary N) is 1. The zero-order valence-electron chi connectivity index (χ0n) is 9.19. The zero-order chi connectivity index (χ0) is 11.5. The molecule has 0 amide bonds. The summed E-state index contributed by atoms with van der Waals surface area (Å²) >= 11 is 3.52. The smallest absolute Gasteiger partial charge is 0.0564 e. The van der Waals surface area contributed by atoms with Crippen LogP contribution in [0.15, 0.2) is 22.7 Å². The molecule has 0 bridgehead atoms. The van der Waals surface area contributed by atoms with Crippen LogP contribution in [0.3, 0.4) is 0 Å². The molecule has 1 saturated heterocycles. The quantitative estimate of drug-likeness (QED) is 0.817. The lowest BCUT2D eigenvalue weighted by Crippen LogP contribution is -2.35. The number of likely N-dealkylation sites (tertiary alicyclic amines) is 1. The molecule has 1 aliphatic heterocycles. The van der Waals surface area contributed by atoms with E-state index >= 15 is 0 Å². The Morgan fingerprint density at radius 1 is 1.38 bits per heavy atom. The van der Waals surface area contributed by atoms with E-state index in [1.807, 2.05) is 12.1 Å². The second kappa shape index (κ2) is 5.17. The number of aliphatic hydroxyl groups excluding tert-OH is 1. The predicted octanol–water partition coefficient (Wildman–Crippen LogP) is 1.99. The normalized spacial score (nSPS) is 18.9. The van der Waals surface area contributed by atoms with Crippen LogP contribution in [0.25, 0.3) is 0 Å². The minimum absolute atomic E-state index is 0.111. The van der Waals surface area contributed by atoms with Gasteiger partial charge in [0, 0.05) is 29.8 Å². The van der Waals surface area contributed by atoms with E-state index in [0.29, 0.717) is 0 Å². The van der Waals surface area contributed by atoms with Crippen molar-refractivity contribution in [1.29, 1.82) is 0 Å². The Balaban J connectivity index is 2.01. The molecule has 1 aromatic carbocycles. The Hall–Kier alpha value is -0.580. The Morgan fingerprint density at radius 3 is 2.75 bits per heavy atom. The lowest BCUT2D eigenvalue weighted by Gasteiger charge is -2.29. The maximum Gasteiger partial charge on any atom is 0.0564 e. The minimum Gasteiger partial charge on any atom is -0.398 e. The Kier molecular flexibility index (Phi) is 3.84. The van der Waals surface area contributed by atoms with Gasteiger partial charge in [0.2, 0.25) is 0 Å². The number of halogens is 1. The van der Waals surface area contributed by atoms with E-state index in [1.165, 1.54) is 5.56 Å². The topological polar surface area (TPSA) is 49.5 Å². The molecular weight excluding hydrogens is 268 g/mol. The highest BCUT2D eigenvalue weighted by atomic mass is 79.9. The van der Waals surface area contributed by atoms with Gasteiger partial charge < -0.3 is 10.8 Å². The number of rotatable bonds is 2. The molecule has 0 radical (unpaired) electrons.